The Morgan fingerprint density at radius 3 is 2.58 bits per heavy atom. The lowest BCUT2D eigenvalue weighted by atomic mass is 10.2. The molecule has 0 fully saturated rings. The SMILES string of the molecule is CC/C=C\C#CCCCCCC. The van der Waals surface area contributed by atoms with Crippen LogP contribution in [0.25, 0.3) is 0 Å². The minimum atomic E-state index is 1.06. The molecule has 0 aliphatic carbocycles. The van der Waals surface area contributed by atoms with Crippen molar-refractivity contribution in [3.05, 3.63) is 12.2 Å². The first kappa shape index (κ1) is 11.3. The summed E-state index contributed by atoms with van der Waals surface area (Å²) >= 11 is 0. The Morgan fingerprint density at radius 2 is 1.92 bits per heavy atom. The molecular weight excluding hydrogens is 144 g/mol. The van der Waals surface area contributed by atoms with Crippen LogP contribution >= 0.6 is 0 Å². The summed E-state index contributed by atoms with van der Waals surface area (Å²) < 4.78 is 0. The topological polar surface area (TPSA) is 0 Å². The molecule has 68 valence electrons. The van der Waals surface area contributed by atoms with E-state index in [9.17, 15) is 0 Å². The van der Waals surface area contributed by atoms with E-state index in [0.717, 1.165) is 12.8 Å². The first-order valence-corrected chi connectivity index (χ1v) is 5.05. The van der Waals surface area contributed by atoms with E-state index in [1.807, 2.05) is 6.08 Å². The molecule has 0 aliphatic rings. The van der Waals surface area contributed by atoms with Crippen LogP contribution in [0.15, 0.2) is 12.2 Å². The van der Waals surface area contributed by atoms with Crippen molar-refractivity contribution in [3.63, 3.8) is 0 Å². The van der Waals surface area contributed by atoms with Crippen molar-refractivity contribution >= 4 is 0 Å². The van der Waals surface area contributed by atoms with Crippen molar-refractivity contribution in [2.24, 2.45) is 0 Å². The van der Waals surface area contributed by atoms with Crippen LogP contribution in [0, 0.1) is 11.8 Å². The van der Waals surface area contributed by atoms with E-state index in [-0.39, 0.29) is 0 Å². The number of hydrogen-bond donors (Lipinski definition) is 0. The highest BCUT2D eigenvalue weighted by Gasteiger charge is 1.82. The third-order valence-electron chi connectivity index (χ3n) is 1.69. The molecular formula is C12H20. The lowest BCUT2D eigenvalue weighted by Crippen LogP contribution is -1.73. The maximum atomic E-state index is 3.14. The smallest absolute Gasteiger partial charge is 0.00922 e. The second-order valence-electron chi connectivity index (χ2n) is 2.94. The van der Waals surface area contributed by atoms with Gasteiger partial charge < -0.3 is 0 Å². The normalized spacial score (nSPS) is 9.83. The fraction of sp³-hybridized carbons (Fsp3) is 0.667. The van der Waals surface area contributed by atoms with Gasteiger partial charge in [-0.15, -0.1) is 0 Å². The molecule has 0 heteroatoms. The summed E-state index contributed by atoms with van der Waals surface area (Å²) in [5, 5.41) is 0. The van der Waals surface area contributed by atoms with Crippen molar-refractivity contribution in [2.45, 2.75) is 52.4 Å². The average molecular weight is 164 g/mol. The fourth-order valence-corrected chi connectivity index (χ4v) is 0.948. The van der Waals surface area contributed by atoms with Gasteiger partial charge in [-0.3, -0.25) is 0 Å². The Balaban J connectivity index is 3.15. The molecule has 0 radical (unpaired) electrons. The molecule has 0 aromatic rings. The van der Waals surface area contributed by atoms with Gasteiger partial charge in [-0.25, -0.2) is 0 Å². The number of allylic oxidation sites excluding steroid dienone is 2. The number of unbranched alkanes of at least 4 members (excludes halogenated alkanes) is 4. The second-order valence-corrected chi connectivity index (χ2v) is 2.94. The average Bonchev–Trinajstić information content (AvgIpc) is 2.10. The monoisotopic (exact) mass is 164 g/mol. The lowest BCUT2D eigenvalue weighted by Gasteiger charge is -1.91. The predicted octanol–water partition coefficient (Wildman–Crippen LogP) is 3.93. The maximum Gasteiger partial charge on any atom is 0.00922 e. The summed E-state index contributed by atoms with van der Waals surface area (Å²) in [4.78, 5) is 0. The predicted molar refractivity (Wildman–Crippen MR) is 56.0 cm³/mol. The first-order chi connectivity index (χ1) is 5.91. The van der Waals surface area contributed by atoms with E-state index in [1.165, 1.54) is 25.7 Å². The van der Waals surface area contributed by atoms with Crippen LogP contribution in [0.4, 0.5) is 0 Å². The van der Waals surface area contributed by atoms with Crippen LogP contribution in [-0.2, 0) is 0 Å². The zero-order valence-electron chi connectivity index (χ0n) is 8.40. The van der Waals surface area contributed by atoms with Gasteiger partial charge in [0, 0.05) is 6.42 Å². The van der Waals surface area contributed by atoms with Gasteiger partial charge in [-0.1, -0.05) is 51.0 Å². The van der Waals surface area contributed by atoms with Crippen LogP contribution < -0.4 is 0 Å². The largest absolute Gasteiger partial charge is 0.0985 e. The van der Waals surface area contributed by atoms with Crippen LogP contribution in [0.2, 0.25) is 0 Å². The Kier molecular flexibility index (Phi) is 9.70. The van der Waals surface area contributed by atoms with Crippen molar-refractivity contribution in [3.8, 4) is 11.8 Å². The molecule has 0 aromatic carbocycles. The molecule has 12 heavy (non-hydrogen) atoms. The second kappa shape index (κ2) is 10.3. The molecule has 0 bridgehead atoms. The molecule has 0 saturated heterocycles. The number of rotatable bonds is 5. The highest BCUT2D eigenvalue weighted by atomic mass is 13.9. The molecule has 0 unspecified atom stereocenters. The summed E-state index contributed by atoms with van der Waals surface area (Å²) in [6.07, 6.45) is 11.5. The summed E-state index contributed by atoms with van der Waals surface area (Å²) in [7, 11) is 0. The highest BCUT2D eigenvalue weighted by molar-refractivity contribution is 5.14. The van der Waals surface area contributed by atoms with Gasteiger partial charge in [0.1, 0.15) is 0 Å². The zero-order chi connectivity index (χ0) is 9.07. The van der Waals surface area contributed by atoms with Gasteiger partial charge in [-0.05, 0) is 18.9 Å². The summed E-state index contributed by atoms with van der Waals surface area (Å²) in [5.74, 6) is 6.17. The number of hydrogen-bond acceptors (Lipinski definition) is 0. The third kappa shape index (κ3) is 9.30. The van der Waals surface area contributed by atoms with Gasteiger partial charge in [0.15, 0.2) is 0 Å². The zero-order valence-corrected chi connectivity index (χ0v) is 8.40. The molecule has 0 atom stereocenters. The van der Waals surface area contributed by atoms with Crippen molar-refractivity contribution in [1.29, 1.82) is 0 Å². The van der Waals surface area contributed by atoms with E-state index < -0.39 is 0 Å². The minimum absolute atomic E-state index is 1.06. The van der Waals surface area contributed by atoms with E-state index in [2.05, 4.69) is 31.8 Å². The molecule has 0 heterocycles. The van der Waals surface area contributed by atoms with Crippen molar-refractivity contribution < 1.29 is 0 Å². The molecule has 0 spiro atoms. The molecule has 0 rings (SSSR count). The molecule has 0 aromatic heterocycles. The highest BCUT2D eigenvalue weighted by Crippen LogP contribution is 2.00. The van der Waals surface area contributed by atoms with Crippen molar-refractivity contribution in [1.82, 2.24) is 0 Å². The van der Waals surface area contributed by atoms with Crippen LogP contribution in [0.3, 0.4) is 0 Å². The van der Waals surface area contributed by atoms with Gasteiger partial charge in [-0.2, -0.15) is 0 Å². The molecule has 0 aliphatic heterocycles. The van der Waals surface area contributed by atoms with Gasteiger partial charge in [0.25, 0.3) is 0 Å². The minimum Gasteiger partial charge on any atom is -0.0985 e. The van der Waals surface area contributed by atoms with E-state index in [0.29, 0.717) is 0 Å². The van der Waals surface area contributed by atoms with E-state index in [1.54, 1.807) is 0 Å². The van der Waals surface area contributed by atoms with Crippen LogP contribution in [-0.4, -0.2) is 0 Å². The van der Waals surface area contributed by atoms with Crippen LogP contribution in [0.1, 0.15) is 52.4 Å². The standard InChI is InChI=1S/C12H20/c1-3-5-7-9-11-12-10-8-6-4-2/h5,7H,3-4,6,8,10,12H2,1-2H3/b7-5-. The summed E-state index contributed by atoms with van der Waals surface area (Å²) in [6, 6.07) is 0. The lowest BCUT2D eigenvalue weighted by molar-refractivity contribution is 0.679. The Hall–Kier alpha value is -0.700. The Bertz CT molecular complexity index is 155. The molecule has 0 N–H and O–H groups in total. The molecule has 0 nitrogen and oxygen atoms in total. The van der Waals surface area contributed by atoms with Crippen molar-refractivity contribution in [2.75, 3.05) is 0 Å². The van der Waals surface area contributed by atoms with Gasteiger partial charge in [0.05, 0.1) is 0 Å². The molecule has 0 saturated carbocycles. The Morgan fingerprint density at radius 1 is 1.08 bits per heavy atom. The van der Waals surface area contributed by atoms with E-state index in [4.69, 9.17) is 0 Å². The van der Waals surface area contributed by atoms with E-state index >= 15 is 0 Å². The van der Waals surface area contributed by atoms with Gasteiger partial charge >= 0.3 is 0 Å². The maximum absolute atomic E-state index is 3.14. The molecule has 0 amide bonds. The Labute approximate surface area is 77.1 Å². The van der Waals surface area contributed by atoms with Gasteiger partial charge in [0.2, 0.25) is 0 Å². The summed E-state index contributed by atoms with van der Waals surface area (Å²) in [6.45, 7) is 4.36. The first-order valence-electron chi connectivity index (χ1n) is 5.05. The summed E-state index contributed by atoms with van der Waals surface area (Å²) in [5.41, 5.74) is 0. The van der Waals surface area contributed by atoms with Crippen LogP contribution in [0.5, 0.6) is 0 Å². The third-order valence-corrected chi connectivity index (χ3v) is 1.69. The fourth-order valence-electron chi connectivity index (χ4n) is 0.948. The quantitative estimate of drug-likeness (QED) is 0.426.